The molecule has 0 aliphatic carbocycles. The maximum absolute atomic E-state index is 12.7. The van der Waals surface area contributed by atoms with Crippen LogP contribution in [0.2, 0.25) is 5.02 Å². The van der Waals surface area contributed by atoms with E-state index >= 15 is 0 Å². The van der Waals surface area contributed by atoms with Crippen molar-refractivity contribution in [1.29, 1.82) is 0 Å². The molecule has 2 amide bonds. The van der Waals surface area contributed by atoms with E-state index in [1.165, 1.54) is 5.56 Å². The van der Waals surface area contributed by atoms with Gasteiger partial charge in [-0.3, -0.25) is 9.59 Å². The summed E-state index contributed by atoms with van der Waals surface area (Å²) in [6.45, 7) is 5.80. The third kappa shape index (κ3) is 6.40. The van der Waals surface area contributed by atoms with E-state index in [9.17, 15) is 9.59 Å². The lowest BCUT2D eigenvalue weighted by Gasteiger charge is -2.24. The first kappa shape index (κ1) is 21.0. The molecule has 0 heterocycles. The zero-order chi connectivity index (χ0) is 19.8. The summed E-state index contributed by atoms with van der Waals surface area (Å²) in [5.41, 5.74) is 1.61. The van der Waals surface area contributed by atoms with Gasteiger partial charge in [0.2, 0.25) is 5.91 Å². The molecule has 2 atom stereocenters. The summed E-state index contributed by atoms with van der Waals surface area (Å²) in [4.78, 5) is 25.2. The van der Waals surface area contributed by atoms with Crippen molar-refractivity contribution in [3.05, 3.63) is 70.7 Å². The van der Waals surface area contributed by atoms with Crippen LogP contribution in [0.5, 0.6) is 0 Å². The van der Waals surface area contributed by atoms with Crippen molar-refractivity contribution >= 4 is 23.4 Å². The van der Waals surface area contributed by atoms with Crippen molar-refractivity contribution in [1.82, 2.24) is 10.6 Å². The molecular weight excluding hydrogens is 360 g/mol. The van der Waals surface area contributed by atoms with Gasteiger partial charge in [-0.15, -0.1) is 0 Å². The number of amides is 2. The average molecular weight is 387 g/mol. The summed E-state index contributed by atoms with van der Waals surface area (Å²) in [5.74, 6) is -0.560. The fraction of sp³-hybridized carbons (Fsp3) is 0.364. The summed E-state index contributed by atoms with van der Waals surface area (Å²) in [6, 6.07) is 16.4. The molecule has 0 spiro atoms. The molecule has 27 heavy (non-hydrogen) atoms. The van der Waals surface area contributed by atoms with Crippen molar-refractivity contribution in [2.75, 3.05) is 0 Å². The summed E-state index contributed by atoms with van der Waals surface area (Å²) in [7, 11) is 0. The molecule has 0 saturated carbocycles. The Kier molecular flexibility index (Phi) is 7.86. The Labute approximate surface area is 166 Å². The van der Waals surface area contributed by atoms with Gasteiger partial charge >= 0.3 is 0 Å². The molecule has 2 aromatic carbocycles. The first-order valence-corrected chi connectivity index (χ1v) is 9.66. The number of rotatable bonds is 8. The second-order valence-corrected chi connectivity index (χ2v) is 7.52. The van der Waals surface area contributed by atoms with Crippen molar-refractivity contribution in [2.45, 2.75) is 45.7 Å². The third-order valence-corrected chi connectivity index (χ3v) is 4.78. The van der Waals surface area contributed by atoms with Gasteiger partial charge in [-0.25, -0.2) is 0 Å². The van der Waals surface area contributed by atoms with Crippen LogP contribution in [0, 0.1) is 5.92 Å². The van der Waals surface area contributed by atoms with Crippen LogP contribution in [0.25, 0.3) is 0 Å². The van der Waals surface area contributed by atoms with Crippen LogP contribution in [0.15, 0.2) is 54.6 Å². The number of carbonyl (C=O) groups is 2. The van der Waals surface area contributed by atoms with Crippen LogP contribution < -0.4 is 10.6 Å². The normalized spacial score (nSPS) is 13.1. The molecule has 0 bridgehead atoms. The lowest BCUT2D eigenvalue weighted by molar-refractivity contribution is -0.124. The molecule has 2 unspecified atom stereocenters. The maximum Gasteiger partial charge on any atom is 0.253 e. The minimum atomic E-state index is -0.618. The summed E-state index contributed by atoms with van der Waals surface area (Å²) < 4.78 is 0. The SMILES string of the molecule is CC(CCc1ccccc1)NC(=O)C(NC(=O)c1ccccc1Cl)C(C)C. The van der Waals surface area contributed by atoms with Crippen molar-refractivity contribution in [3.63, 3.8) is 0 Å². The van der Waals surface area contributed by atoms with Crippen LogP contribution in [-0.4, -0.2) is 23.9 Å². The van der Waals surface area contributed by atoms with Crippen molar-refractivity contribution in [2.24, 2.45) is 5.92 Å². The number of hydrogen-bond acceptors (Lipinski definition) is 2. The van der Waals surface area contributed by atoms with Gasteiger partial charge in [-0.1, -0.05) is 67.9 Å². The topological polar surface area (TPSA) is 58.2 Å². The first-order valence-electron chi connectivity index (χ1n) is 9.28. The molecule has 0 saturated heterocycles. The molecule has 0 aromatic heterocycles. The molecule has 2 rings (SSSR count). The molecule has 0 fully saturated rings. The fourth-order valence-electron chi connectivity index (χ4n) is 2.83. The number of hydrogen-bond donors (Lipinski definition) is 2. The van der Waals surface area contributed by atoms with E-state index in [1.807, 2.05) is 39.0 Å². The van der Waals surface area contributed by atoms with E-state index in [4.69, 9.17) is 11.6 Å². The summed E-state index contributed by atoms with van der Waals surface area (Å²) in [5, 5.41) is 6.20. The molecule has 0 radical (unpaired) electrons. The summed E-state index contributed by atoms with van der Waals surface area (Å²) in [6.07, 6.45) is 1.72. The lowest BCUT2D eigenvalue weighted by Crippen LogP contribution is -2.51. The molecule has 5 heteroatoms. The number of benzene rings is 2. The molecule has 0 aliphatic heterocycles. The van der Waals surface area contributed by atoms with E-state index in [-0.39, 0.29) is 23.8 Å². The van der Waals surface area contributed by atoms with Crippen LogP contribution in [0.1, 0.15) is 43.1 Å². The van der Waals surface area contributed by atoms with Crippen LogP contribution in [0.3, 0.4) is 0 Å². The Bertz CT molecular complexity index is 762. The minimum absolute atomic E-state index is 0.0103. The van der Waals surface area contributed by atoms with Gasteiger partial charge in [0.1, 0.15) is 6.04 Å². The number of nitrogens with one attached hydrogen (secondary N) is 2. The number of halogens is 1. The number of aryl methyl sites for hydroxylation is 1. The Morgan fingerprint density at radius 1 is 0.926 bits per heavy atom. The highest BCUT2D eigenvalue weighted by Gasteiger charge is 2.26. The van der Waals surface area contributed by atoms with Crippen LogP contribution >= 0.6 is 11.6 Å². The van der Waals surface area contributed by atoms with Gasteiger partial charge in [0.15, 0.2) is 0 Å². The Balaban J connectivity index is 1.94. The van der Waals surface area contributed by atoms with Gasteiger partial charge < -0.3 is 10.6 Å². The van der Waals surface area contributed by atoms with Crippen molar-refractivity contribution in [3.8, 4) is 0 Å². The Morgan fingerprint density at radius 3 is 2.19 bits per heavy atom. The second kappa shape index (κ2) is 10.1. The third-order valence-electron chi connectivity index (χ3n) is 4.45. The fourth-order valence-corrected chi connectivity index (χ4v) is 3.05. The minimum Gasteiger partial charge on any atom is -0.352 e. The van der Waals surface area contributed by atoms with Crippen LogP contribution in [0.4, 0.5) is 0 Å². The molecule has 2 N–H and O–H groups in total. The standard InChI is InChI=1S/C22H27ClN2O2/c1-15(2)20(25-21(26)18-11-7-8-12-19(18)23)22(27)24-16(3)13-14-17-9-5-4-6-10-17/h4-12,15-16,20H,13-14H2,1-3H3,(H,24,27)(H,25,26). The van der Waals surface area contributed by atoms with E-state index in [0.717, 1.165) is 12.8 Å². The van der Waals surface area contributed by atoms with Gasteiger partial charge in [0.05, 0.1) is 10.6 Å². The molecule has 144 valence electrons. The largest absolute Gasteiger partial charge is 0.352 e. The van der Waals surface area contributed by atoms with E-state index < -0.39 is 6.04 Å². The van der Waals surface area contributed by atoms with E-state index in [1.54, 1.807) is 24.3 Å². The van der Waals surface area contributed by atoms with Gasteiger partial charge in [-0.05, 0) is 43.4 Å². The van der Waals surface area contributed by atoms with E-state index in [2.05, 4.69) is 22.8 Å². The first-order chi connectivity index (χ1) is 12.9. The smallest absolute Gasteiger partial charge is 0.253 e. The van der Waals surface area contributed by atoms with Gasteiger partial charge in [0.25, 0.3) is 5.91 Å². The van der Waals surface area contributed by atoms with E-state index in [0.29, 0.717) is 10.6 Å². The quantitative estimate of drug-likeness (QED) is 0.713. The highest BCUT2D eigenvalue weighted by molar-refractivity contribution is 6.33. The molecule has 0 aliphatic rings. The number of carbonyl (C=O) groups excluding carboxylic acids is 2. The molecule has 4 nitrogen and oxygen atoms in total. The summed E-state index contributed by atoms with van der Waals surface area (Å²) >= 11 is 6.08. The van der Waals surface area contributed by atoms with Gasteiger partial charge in [0, 0.05) is 6.04 Å². The predicted molar refractivity (Wildman–Crippen MR) is 110 cm³/mol. The lowest BCUT2D eigenvalue weighted by atomic mass is 10.0. The van der Waals surface area contributed by atoms with Crippen LogP contribution in [-0.2, 0) is 11.2 Å². The Hall–Kier alpha value is -2.33. The van der Waals surface area contributed by atoms with Gasteiger partial charge in [-0.2, -0.15) is 0 Å². The zero-order valence-electron chi connectivity index (χ0n) is 16.0. The molecular formula is C22H27ClN2O2. The maximum atomic E-state index is 12.7. The Morgan fingerprint density at radius 2 is 1.56 bits per heavy atom. The zero-order valence-corrected chi connectivity index (χ0v) is 16.8. The average Bonchev–Trinajstić information content (AvgIpc) is 2.65. The monoisotopic (exact) mass is 386 g/mol. The van der Waals surface area contributed by atoms with Crippen molar-refractivity contribution < 1.29 is 9.59 Å². The predicted octanol–water partition coefficient (Wildman–Crippen LogP) is 4.23. The highest BCUT2D eigenvalue weighted by Crippen LogP contribution is 2.15. The second-order valence-electron chi connectivity index (χ2n) is 7.11. The molecule has 2 aromatic rings. The highest BCUT2D eigenvalue weighted by atomic mass is 35.5.